The number of sulfonamides is 1. The van der Waals surface area contributed by atoms with Crippen molar-refractivity contribution in [2.75, 3.05) is 19.6 Å². The van der Waals surface area contributed by atoms with Crippen LogP contribution in [0.15, 0.2) is 0 Å². The van der Waals surface area contributed by atoms with E-state index in [2.05, 4.69) is 10.0 Å². The van der Waals surface area contributed by atoms with Crippen molar-refractivity contribution in [2.24, 2.45) is 0 Å². The zero-order valence-corrected chi connectivity index (χ0v) is 9.71. The van der Waals surface area contributed by atoms with Crippen LogP contribution in [0.4, 0.5) is 0 Å². The molecule has 0 aliphatic heterocycles. The average molecular weight is 235 g/mol. The molecule has 3 N–H and O–H groups in total. The Kier molecular flexibility index (Phi) is 6.43. The molecule has 15 heavy (non-hydrogen) atoms. The highest BCUT2D eigenvalue weighted by Crippen LogP contribution is 1.94. The number of nitrogens with zero attached hydrogens (tertiary/aromatic N) is 1. The number of hydrogen-bond donors (Lipinski definition) is 3. The Morgan fingerprint density at radius 2 is 2.00 bits per heavy atom. The molecule has 88 valence electrons. The fraction of sp³-hybridized carbons (Fsp3) is 0.875. The first-order chi connectivity index (χ1) is 6.90. The fourth-order valence-corrected chi connectivity index (χ4v) is 1.56. The van der Waals surface area contributed by atoms with Gasteiger partial charge in [0.1, 0.15) is 0 Å². The van der Waals surface area contributed by atoms with E-state index in [9.17, 15) is 8.42 Å². The van der Waals surface area contributed by atoms with E-state index in [1.165, 1.54) is 6.92 Å². The van der Waals surface area contributed by atoms with Crippen LogP contribution in [-0.2, 0) is 10.0 Å². The van der Waals surface area contributed by atoms with Gasteiger partial charge in [-0.05, 0) is 13.8 Å². The topological polar surface area (TPSA) is 102 Å². The maximum atomic E-state index is 11.2. The zero-order chi connectivity index (χ0) is 11.9. The number of nitriles is 1. The van der Waals surface area contributed by atoms with Crippen LogP contribution < -0.4 is 10.0 Å². The van der Waals surface area contributed by atoms with Crippen molar-refractivity contribution >= 4 is 10.0 Å². The summed E-state index contributed by atoms with van der Waals surface area (Å²) < 4.78 is 24.8. The largest absolute Gasteiger partial charge is 0.392 e. The van der Waals surface area contributed by atoms with Crippen LogP contribution in [0, 0.1) is 11.3 Å². The second-order valence-corrected chi connectivity index (χ2v) is 5.35. The number of nitrogens with one attached hydrogen (secondary N) is 2. The Balaban J connectivity index is 3.74. The van der Waals surface area contributed by atoms with Gasteiger partial charge < -0.3 is 10.4 Å². The van der Waals surface area contributed by atoms with Crippen molar-refractivity contribution in [3.05, 3.63) is 0 Å². The standard InChI is InChI=1S/C8H17N3O3S/c1-7(12)6-10-3-4-11-15(13,14)8(2)5-9/h7-8,10-12H,3-4,6H2,1-2H3. The van der Waals surface area contributed by atoms with Gasteiger partial charge in [0.15, 0.2) is 5.25 Å². The van der Waals surface area contributed by atoms with Crippen molar-refractivity contribution in [3.8, 4) is 6.07 Å². The van der Waals surface area contributed by atoms with E-state index in [1.54, 1.807) is 13.0 Å². The smallest absolute Gasteiger partial charge is 0.227 e. The van der Waals surface area contributed by atoms with Crippen LogP contribution in [0.25, 0.3) is 0 Å². The minimum Gasteiger partial charge on any atom is -0.392 e. The van der Waals surface area contributed by atoms with Gasteiger partial charge in [-0.2, -0.15) is 5.26 Å². The molecule has 0 aromatic carbocycles. The van der Waals surface area contributed by atoms with Gasteiger partial charge in [0.2, 0.25) is 10.0 Å². The molecule has 0 radical (unpaired) electrons. The van der Waals surface area contributed by atoms with Gasteiger partial charge in [-0.1, -0.05) is 0 Å². The van der Waals surface area contributed by atoms with Gasteiger partial charge in [0.25, 0.3) is 0 Å². The number of rotatable bonds is 7. The molecule has 0 aromatic heterocycles. The van der Waals surface area contributed by atoms with Crippen molar-refractivity contribution in [3.63, 3.8) is 0 Å². The molecule has 7 heteroatoms. The highest BCUT2D eigenvalue weighted by Gasteiger charge is 2.18. The lowest BCUT2D eigenvalue weighted by atomic mass is 10.4. The van der Waals surface area contributed by atoms with Gasteiger partial charge in [0.05, 0.1) is 12.2 Å². The first kappa shape index (κ1) is 14.3. The van der Waals surface area contributed by atoms with Gasteiger partial charge in [-0.25, -0.2) is 13.1 Å². The normalized spacial score (nSPS) is 15.6. The van der Waals surface area contributed by atoms with Crippen molar-refractivity contribution in [1.82, 2.24) is 10.0 Å². The summed E-state index contributed by atoms with van der Waals surface area (Å²) in [6.07, 6.45) is -0.459. The maximum Gasteiger partial charge on any atom is 0.227 e. The third-order valence-electron chi connectivity index (χ3n) is 1.69. The first-order valence-corrected chi connectivity index (χ1v) is 6.21. The van der Waals surface area contributed by atoms with Gasteiger partial charge >= 0.3 is 0 Å². The molecular weight excluding hydrogens is 218 g/mol. The lowest BCUT2D eigenvalue weighted by Crippen LogP contribution is -2.37. The molecule has 0 aliphatic carbocycles. The summed E-state index contributed by atoms with van der Waals surface area (Å²) in [4.78, 5) is 0. The molecule has 0 bridgehead atoms. The molecule has 0 spiro atoms. The minimum atomic E-state index is -3.52. The molecule has 0 aliphatic rings. The summed E-state index contributed by atoms with van der Waals surface area (Å²) in [5.74, 6) is 0. The monoisotopic (exact) mass is 235 g/mol. The third-order valence-corrected chi connectivity index (χ3v) is 3.33. The van der Waals surface area contributed by atoms with Crippen molar-refractivity contribution < 1.29 is 13.5 Å². The SMILES string of the molecule is CC(O)CNCCNS(=O)(=O)C(C)C#N. The summed E-state index contributed by atoms with van der Waals surface area (Å²) >= 11 is 0. The quantitative estimate of drug-likeness (QED) is 0.480. The Morgan fingerprint density at radius 3 is 2.47 bits per heavy atom. The van der Waals surface area contributed by atoms with E-state index < -0.39 is 21.4 Å². The van der Waals surface area contributed by atoms with E-state index >= 15 is 0 Å². The summed E-state index contributed by atoms with van der Waals surface area (Å²) in [7, 11) is -3.52. The Bertz CT molecular complexity index is 308. The Hall–Kier alpha value is -0.680. The van der Waals surface area contributed by atoms with Crippen LogP contribution in [-0.4, -0.2) is 44.5 Å². The second kappa shape index (κ2) is 6.74. The van der Waals surface area contributed by atoms with E-state index in [-0.39, 0.29) is 6.54 Å². The highest BCUT2D eigenvalue weighted by atomic mass is 32.2. The molecule has 0 saturated heterocycles. The molecule has 2 atom stereocenters. The van der Waals surface area contributed by atoms with Crippen molar-refractivity contribution in [1.29, 1.82) is 5.26 Å². The molecule has 0 amide bonds. The van der Waals surface area contributed by atoms with Crippen LogP contribution in [0.3, 0.4) is 0 Å². The Morgan fingerprint density at radius 1 is 1.40 bits per heavy atom. The molecule has 2 unspecified atom stereocenters. The summed E-state index contributed by atoms with van der Waals surface area (Å²) in [5, 5.41) is 19.1. The molecular formula is C8H17N3O3S. The zero-order valence-electron chi connectivity index (χ0n) is 8.90. The number of aliphatic hydroxyl groups excluding tert-OH is 1. The molecule has 6 nitrogen and oxygen atoms in total. The van der Waals surface area contributed by atoms with Gasteiger partial charge in [-0.3, -0.25) is 0 Å². The molecule has 0 rings (SSSR count). The van der Waals surface area contributed by atoms with Crippen LogP contribution in [0.2, 0.25) is 0 Å². The minimum absolute atomic E-state index is 0.209. The summed E-state index contributed by atoms with van der Waals surface area (Å²) in [5.41, 5.74) is 0. The van der Waals surface area contributed by atoms with E-state index in [0.29, 0.717) is 13.1 Å². The lowest BCUT2D eigenvalue weighted by Gasteiger charge is -2.09. The van der Waals surface area contributed by atoms with Crippen LogP contribution in [0.5, 0.6) is 0 Å². The molecule has 0 fully saturated rings. The van der Waals surface area contributed by atoms with Crippen LogP contribution in [0.1, 0.15) is 13.8 Å². The molecule has 0 aromatic rings. The highest BCUT2D eigenvalue weighted by molar-refractivity contribution is 7.90. The number of hydrogen-bond acceptors (Lipinski definition) is 5. The van der Waals surface area contributed by atoms with E-state index in [4.69, 9.17) is 10.4 Å². The number of aliphatic hydroxyl groups is 1. The third kappa shape index (κ3) is 6.41. The van der Waals surface area contributed by atoms with Crippen LogP contribution >= 0.6 is 0 Å². The molecule has 0 saturated carbocycles. The van der Waals surface area contributed by atoms with E-state index in [1.807, 2.05) is 0 Å². The molecule has 0 heterocycles. The Labute approximate surface area is 90.3 Å². The van der Waals surface area contributed by atoms with Gasteiger partial charge in [0, 0.05) is 19.6 Å². The van der Waals surface area contributed by atoms with Gasteiger partial charge in [-0.15, -0.1) is 0 Å². The fourth-order valence-electron chi connectivity index (χ4n) is 0.787. The predicted molar refractivity (Wildman–Crippen MR) is 56.5 cm³/mol. The summed E-state index contributed by atoms with van der Waals surface area (Å²) in [6.45, 7) is 4.00. The summed E-state index contributed by atoms with van der Waals surface area (Å²) in [6, 6.07) is 1.65. The average Bonchev–Trinajstić information content (AvgIpc) is 2.15. The maximum absolute atomic E-state index is 11.2. The van der Waals surface area contributed by atoms with E-state index in [0.717, 1.165) is 0 Å². The predicted octanol–water partition coefficient (Wildman–Crippen LogP) is -1.21. The second-order valence-electron chi connectivity index (χ2n) is 3.26. The lowest BCUT2D eigenvalue weighted by molar-refractivity contribution is 0.192. The van der Waals surface area contributed by atoms with Crippen molar-refractivity contribution in [2.45, 2.75) is 25.2 Å². The first-order valence-electron chi connectivity index (χ1n) is 4.67.